The molecule has 0 spiro atoms. The quantitative estimate of drug-likeness (QED) is 0.450. The average molecular weight is 431 g/mol. The molecule has 0 bridgehead atoms. The van der Waals surface area contributed by atoms with Crippen molar-refractivity contribution in [1.82, 2.24) is 4.98 Å². The Kier molecular flexibility index (Phi) is 6.51. The molecule has 0 aliphatic carbocycles. The molecule has 0 aliphatic rings. The number of hydrogen-bond acceptors (Lipinski definition) is 4. The highest BCUT2D eigenvalue weighted by Crippen LogP contribution is 2.33. The van der Waals surface area contributed by atoms with Crippen LogP contribution in [0.5, 0.6) is 5.75 Å². The highest BCUT2D eigenvalue weighted by Gasteiger charge is 2.20. The topological polar surface area (TPSA) is 84.7 Å². The Balaban J connectivity index is 1.93. The second-order valence-corrected chi connectivity index (χ2v) is 6.61. The number of carbonyl (C=O) groups excluding carboxylic acids is 2. The van der Waals surface area contributed by atoms with Gasteiger partial charge in [-0.2, -0.15) is 0 Å². The smallest absolute Gasteiger partial charge is 0.259 e. The third kappa shape index (κ3) is 4.99. The number of aromatic nitrogens is 1. The first-order valence-electron chi connectivity index (χ1n) is 8.85. The van der Waals surface area contributed by atoms with Crippen LogP contribution < -0.4 is 15.4 Å². The molecule has 0 radical (unpaired) electrons. The predicted octanol–water partition coefficient (Wildman–Crippen LogP) is 4.78. The molecule has 8 heteroatoms. The summed E-state index contributed by atoms with van der Waals surface area (Å²) in [7, 11) is 1.40. The number of nitrogens with one attached hydrogen (secondary N) is 2. The van der Waals surface area contributed by atoms with E-state index in [1.807, 2.05) is 0 Å². The molecule has 3 rings (SSSR count). The van der Waals surface area contributed by atoms with Crippen LogP contribution in [0, 0.1) is 18.9 Å². The molecule has 152 valence electrons. The SMILES string of the molecule is [C-]#[N+]c1ccc(C(=O)Nc2c(OC)cc(Cl)cc2C(=O)Nc2ccc(C#C)cn2)cc1. The molecule has 0 fully saturated rings. The molecule has 0 aliphatic heterocycles. The molecule has 2 aromatic carbocycles. The van der Waals surface area contributed by atoms with Gasteiger partial charge in [-0.3, -0.25) is 9.59 Å². The molecule has 0 unspecified atom stereocenters. The van der Waals surface area contributed by atoms with Crippen molar-refractivity contribution in [2.45, 2.75) is 0 Å². The summed E-state index contributed by atoms with van der Waals surface area (Å²) >= 11 is 6.14. The molecule has 7 nitrogen and oxygen atoms in total. The molecule has 0 saturated carbocycles. The Morgan fingerprint density at radius 2 is 1.87 bits per heavy atom. The van der Waals surface area contributed by atoms with Gasteiger partial charge in [-0.1, -0.05) is 41.8 Å². The lowest BCUT2D eigenvalue weighted by Crippen LogP contribution is -2.19. The van der Waals surface area contributed by atoms with E-state index in [4.69, 9.17) is 29.3 Å². The van der Waals surface area contributed by atoms with Gasteiger partial charge in [-0.15, -0.1) is 6.42 Å². The first kappa shape index (κ1) is 21.4. The number of rotatable bonds is 5. The van der Waals surface area contributed by atoms with E-state index in [0.29, 0.717) is 16.8 Å². The lowest BCUT2D eigenvalue weighted by Gasteiger charge is -2.16. The largest absolute Gasteiger partial charge is 0.494 e. The monoisotopic (exact) mass is 430 g/mol. The third-order valence-electron chi connectivity index (χ3n) is 4.20. The van der Waals surface area contributed by atoms with Crippen LogP contribution in [0.4, 0.5) is 17.2 Å². The van der Waals surface area contributed by atoms with Crippen molar-refractivity contribution in [2.24, 2.45) is 0 Å². The molecule has 0 saturated heterocycles. The number of benzene rings is 2. The van der Waals surface area contributed by atoms with Crippen LogP contribution in [0.25, 0.3) is 4.85 Å². The zero-order valence-corrected chi connectivity index (χ0v) is 17.0. The molecule has 0 atom stereocenters. The summed E-state index contributed by atoms with van der Waals surface area (Å²) in [6.07, 6.45) is 6.76. The van der Waals surface area contributed by atoms with E-state index in [1.54, 1.807) is 12.1 Å². The second kappa shape index (κ2) is 9.45. The van der Waals surface area contributed by atoms with Crippen molar-refractivity contribution >= 4 is 40.6 Å². The summed E-state index contributed by atoms with van der Waals surface area (Å²) in [5.74, 6) is 1.88. The number of pyridine rings is 1. The Bertz CT molecular complexity index is 1220. The van der Waals surface area contributed by atoms with Crippen LogP contribution in [0.3, 0.4) is 0 Å². The number of carbonyl (C=O) groups is 2. The standard InChI is InChI=1S/C23H15ClN4O3/c1-4-14-5-10-20(26-13-14)27-23(30)18-11-16(24)12-19(31-3)21(18)28-22(29)15-6-8-17(25-2)9-7-15/h1,5-13H,3H3,(H,28,29)(H,26,27,30). The number of halogens is 1. The van der Waals surface area contributed by atoms with Crippen molar-refractivity contribution in [2.75, 3.05) is 17.7 Å². The van der Waals surface area contributed by atoms with Gasteiger partial charge in [0.15, 0.2) is 5.69 Å². The van der Waals surface area contributed by atoms with Gasteiger partial charge in [0.25, 0.3) is 11.8 Å². The van der Waals surface area contributed by atoms with Crippen LogP contribution in [-0.4, -0.2) is 23.9 Å². The van der Waals surface area contributed by atoms with Gasteiger partial charge in [0.2, 0.25) is 0 Å². The number of anilines is 2. The van der Waals surface area contributed by atoms with E-state index in [0.717, 1.165) is 0 Å². The van der Waals surface area contributed by atoms with Gasteiger partial charge in [0.1, 0.15) is 11.6 Å². The van der Waals surface area contributed by atoms with Crippen molar-refractivity contribution in [3.63, 3.8) is 0 Å². The van der Waals surface area contributed by atoms with Gasteiger partial charge in [0, 0.05) is 28.4 Å². The van der Waals surface area contributed by atoms with E-state index in [1.165, 1.54) is 49.7 Å². The number of nitrogens with zero attached hydrogens (tertiary/aromatic N) is 2. The fourth-order valence-electron chi connectivity index (χ4n) is 2.66. The first-order valence-corrected chi connectivity index (χ1v) is 9.23. The van der Waals surface area contributed by atoms with Crippen molar-refractivity contribution in [1.29, 1.82) is 0 Å². The lowest BCUT2D eigenvalue weighted by atomic mass is 10.1. The van der Waals surface area contributed by atoms with Gasteiger partial charge in [0.05, 0.1) is 24.9 Å². The maximum atomic E-state index is 12.9. The summed E-state index contributed by atoms with van der Waals surface area (Å²) in [4.78, 5) is 33.0. The number of ether oxygens (including phenoxy) is 1. The van der Waals surface area contributed by atoms with E-state index < -0.39 is 11.8 Å². The van der Waals surface area contributed by atoms with Crippen LogP contribution in [-0.2, 0) is 0 Å². The molecule has 31 heavy (non-hydrogen) atoms. The Labute approximate surface area is 183 Å². The molecular weight excluding hydrogens is 416 g/mol. The van der Waals surface area contributed by atoms with Crippen molar-refractivity contribution in [3.05, 3.63) is 87.9 Å². The fourth-order valence-corrected chi connectivity index (χ4v) is 2.87. The molecule has 2 amide bonds. The maximum absolute atomic E-state index is 12.9. The summed E-state index contributed by atoms with van der Waals surface area (Å²) in [5, 5.41) is 5.57. The summed E-state index contributed by atoms with van der Waals surface area (Å²) in [5.41, 5.74) is 1.51. The molecule has 3 aromatic rings. The highest BCUT2D eigenvalue weighted by atomic mass is 35.5. The van der Waals surface area contributed by atoms with Gasteiger partial charge >= 0.3 is 0 Å². The van der Waals surface area contributed by atoms with Crippen LogP contribution in [0.2, 0.25) is 5.02 Å². The minimum absolute atomic E-state index is 0.0818. The Morgan fingerprint density at radius 3 is 2.45 bits per heavy atom. The van der Waals surface area contributed by atoms with Gasteiger partial charge in [-0.05, 0) is 18.2 Å². The van der Waals surface area contributed by atoms with Gasteiger partial charge in [-0.25, -0.2) is 9.83 Å². The molecular formula is C23H15ClN4O3. The maximum Gasteiger partial charge on any atom is 0.259 e. The van der Waals surface area contributed by atoms with Gasteiger partial charge < -0.3 is 15.4 Å². The number of amides is 2. The minimum Gasteiger partial charge on any atom is -0.494 e. The summed E-state index contributed by atoms with van der Waals surface area (Å²) in [6, 6.07) is 12.2. The minimum atomic E-state index is -0.555. The first-order chi connectivity index (χ1) is 14.9. The van der Waals surface area contributed by atoms with Crippen LogP contribution in [0.1, 0.15) is 26.3 Å². The fraction of sp³-hybridized carbons (Fsp3) is 0.0435. The molecule has 1 heterocycles. The average Bonchev–Trinajstić information content (AvgIpc) is 2.80. The lowest BCUT2D eigenvalue weighted by molar-refractivity contribution is 0.102. The normalized spacial score (nSPS) is 9.81. The summed E-state index contributed by atoms with van der Waals surface area (Å²) < 4.78 is 5.31. The number of hydrogen-bond donors (Lipinski definition) is 2. The van der Waals surface area contributed by atoms with E-state index in [2.05, 4.69) is 26.4 Å². The Hall–Kier alpha value is -4.33. The van der Waals surface area contributed by atoms with Crippen LogP contribution >= 0.6 is 11.6 Å². The third-order valence-corrected chi connectivity index (χ3v) is 4.42. The highest BCUT2D eigenvalue weighted by molar-refractivity contribution is 6.31. The number of methoxy groups -OCH3 is 1. The van der Waals surface area contributed by atoms with E-state index in [9.17, 15) is 9.59 Å². The van der Waals surface area contributed by atoms with Crippen molar-refractivity contribution < 1.29 is 14.3 Å². The van der Waals surface area contributed by atoms with Crippen molar-refractivity contribution in [3.8, 4) is 18.1 Å². The van der Waals surface area contributed by atoms with Crippen LogP contribution in [0.15, 0.2) is 54.7 Å². The molecule has 2 N–H and O–H groups in total. The predicted molar refractivity (Wildman–Crippen MR) is 119 cm³/mol. The molecule has 1 aromatic heterocycles. The van der Waals surface area contributed by atoms with E-state index >= 15 is 0 Å². The Morgan fingerprint density at radius 1 is 1.13 bits per heavy atom. The number of terminal acetylenes is 1. The zero-order chi connectivity index (χ0) is 22.4. The summed E-state index contributed by atoms with van der Waals surface area (Å²) in [6.45, 7) is 7.00. The zero-order valence-electron chi connectivity index (χ0n) is 16.3. The van der Waals surface area contributed by atoms with E-state index in [-0.39, 0.29) is 27.8 Å². The second-order valence-electron chi connectivity index (χ2n) is 6.17.